The van der Waals surface area contributed by atoms with Crippen molar-refractivity contribution in [1.29, 1.82) is 0 Å². The summed E-state index contributed by atoms with van der Waals surface area (Å²) in [5.74, 6) is -1.21. The molecule has 4 aromatic carbocycles. The molecule has 2 amide bonds. The van der Waals surface area contributed by atoms with Crippen molar-refractivity contribution in [2.45, 2.75) is 103 Å². The highest BCUT2D eigenvalue weighted by atomic mass is 127. The predicted octanol–water partition coefficient (Wildman–Crippen LogP) is 10.3. The number of rotatable bonds is 9. The Morgan fingerprint density at radius 3 is 1.80 bits per heavy atom. The molecular formula is C43H52IN3O6Si2. The van der Waals surface area contributed by atoms with Crippen LogP contribution < -0.4 is 10.6 Å². The minimum Gasteiger partial charge on any atom is -0.414 e. The van der Waals surface area contributed by atoms with Crippen LogP contribution in [0, 0.1) is 3.57 Å². The van der Waals surface area contributed by atoms with Gasteiger partial charge in [-0.05, 0) is 92.5 Å². The minimum absolute atomic E-state index is 0.00636. The molecular weight excluding hydrogens is 838 g/mol. The van der Waals surface area contributed by atoms with E-state index in [2.05, 4.69) is 95.3 Å². The fourth-order valence-corrected chi connectivity index (χ4v) is 9.39. The number of aromatic nitrogens is 2. The first-order valence-electron chi connectivity index (χ1n) is 18.8. The van der Waals surface area contributed by atoms with Crippen molar-refractivity contribution in [2.75, 3.05) is 11.5 Å². The van der Waals surface area contributed by atoms with Crippen molar-refractivity contribution >= 4 is 78.4 Å². The highest BCUT2D eigenvalue weighted by Crippen LogP contribution is 2.42. The Labute approximate surface area is 339 Å². The number of imide groups is 1. The second kappa shape index (κ2) is 15.4. The van der Waals surface area contributed by atoms with Crippen molar-refractivity contribution in [3.05, 3.63) is 116 Å². The van der Waals surface area contributed by atoms with Crippen LogP contribution in [0.15, 0.2) is 95.9 Å². The molecule has 6 rings (SSSR count). The van der Waals surface area contributed by atoms with Gasteiger partial charge in [-0.2, -0.15) is 4.98 Å². The van der Waals surface area contributed by atoms with Gasteiger partial charge in [-0.1, -0.05) is 114 Å². The van der Waals surface area contributed by atoms with E-state index in [1.54, 1.807) is 30.5 Å². The number of fused-ring (bicyclic) bond motifs is 2. The van der Waals surface area contributed by atoms with E-state index in [-0.39, 0.29) is 22.0 Å². The van der Waals surface area contributed by atoms with Crippen LogP contribution in [0.1, 0.15) is 74.9 Å². The molecule has 1 aliphatic rings. The summed E-state index contributed by atoms with van der Waals surface area (Å²) in [5, 5.41) is 3.04. The molecule has 2 heterocycles. The summed E-state index contributed by atoms with van der Waals surface area (Å²) in [7, 11) is -4.37. The Morgan fingerprint density at radius 2 is 1.29 bits per heavy atom. The van der Waals surface area contributed by atoms with Gasteiger partial charge in [0.15, 0.2) is 22.5 Å². The molecule has 0 unspecified atom stereocenters. The van der Waals surface area contributed by atoms with Gasteiger partial charge in [-0.25, -0.2) is 9.69 Å². The number of hydrogen-bond donors (Lipinski definition) is 0. The predicted molar refractivity (Wildman–Crippen MR) is 234 cm³/mol. The molecule has 12 heteroatoms. The van der Waals surface area contributed by atoms with Gasteiger partial charge in [-0.3, -0.25) is 14.2 Å². The molecule has 1 aliphatic heterocycles. The summed E-state index contributed by atoms with van der Waals surface area (Å²) < 4.78 is 22.2. The van der Waals surface area contributed by atoms with E-state index in [1.807, 2.05) is 60.7 Å². The molecule has 290 valence electrons. The number of hydrogen-bond acceptors (Lipinski definition) is 7. The lowest BCUT2D eigenvalue weighted by atomic mass is 10.0. The third-order valence-corrected chi connectivity index (χ3v) is 21.5. The van der Waals surface area contributed by atoms with Crippen LogP contribution in [0.25, 0.3) is 21.5 Å². The maximum atomic E-state index is 14.7. The lowest BCUT2D eigenvalue weighted by molar-refractivity contribution is -0.0412. The Morgan fingerprint density at radius 1 is 0.800 bits per heavy atom. The average Bonchev–Trinajstić information content (AvgIpc) is 3.51. The number of carbonyl (C=O) groups is 2. The van der Waals surface area contributed by atoms with Crippen molar-refractivity contribution in [1.82, 2.24) is 9.55 Å². The Hall–Kier alpha value is -3.54. The minimum atomic E-state index is -2.24. The molecule has 0 radical (unpaired) electrons. The van der Waals surface area contributed by atoms with Gasteiger partial charge in [-0.15, -0.1) is 0 Å². The van der Waals surface area contributed by atoms with Gasteiger partial charge in [0.2, 0.25) is 0 Å². The summed E-state index contributed by atoms with van der Waals surface area (Å²) in [6, 6.07) is 25.9. The lowest BCUT2D eigenvalue weighted by Crippen LogP contribution is -2.48. The van der Waals surface area contributed by atoms with E-state index < -0.39 is 46.5 Å². The van der Waals surface area contributed by atoms with Crippen molar-refractivity contribution in [3.8, 4) is 0 Å². The molecule has 55 heavy (non-hydrogen) atoms. The van der Waals surface area contributed by atoms with Crippen LogP contribution in [0.4, 0.5) is 5.82 Å². The number of halogens is 1. The first-order chi connectivity index (χ1) is 25.7. The molecule has 0 bridgehead atoms. The summed E-state index contributed by atoms with van der Waals surface area (Å²) in [4.78, 5) is 49.2. The molecule has 0 spiro atoms. The molecule has 1 saturated heterocycles. The first-order valence-corrected chi connectivity index (χ1v) is 25.7. The van der Waals surface area contributed by atoms with Gasteiger partial charge >= 0.3 is 5.69 Å². The normalized spacial score (nSPS) is 18.2. The SMILES string of the molecule is CC(C)(C)[Si](C)(C)OC[C@H]1O[C@@H](n2cc(I)c(N(C(=O)c3cccc4ccccc34)C(=O)c3cccc4ccccc34)nc2=O)C[C@@H]1O[Si](C)(C)C(C)(C)C. The standard InChI is InChI=1S/C43H52IN3O6Si2/c1-42(2,3)54(7,8)51-27-36-35(53-55(9,10)43(4,5)6)25-37(52-36)46-26-34(44)38(45-41(46)50)47(39(48)32-23-15-19-28-17-11-13-21-30(28)32)40(49)33-24-16-20-29-18-12-14-22-31(29)33/h11-24,26,35-37H,25,27H2,1-10H3/t35-,36+,37+/m0/s1. The Balaban J connectivity index is 1.41. The van der Waals surface area contributed by atoms with Crippen LogP contribution in [-0.4, -0.2) is 56.8 Å². The van der Waals surface area contributed by atoms with E-state index in [4.69, 9.17) is 13.6 Å². The third-order valence-electron chi connectivity index (χ3n) is 11.7. The monoisotopic (exact) mass is 889 g/mol. The quantitative estimate of drug-likeness (QED) is 0.0826. The van der Waals surface area contributed by atoms with E-state index in [1.165, 1.54) is 4.57 Å². The molecule has 1 aromatic heterocycles. The summed E-state index contributed by atoms with van der Waals surface area (Å²) in [6.07, 6.45) is 0.646. The second-order valence-electron chi connectivity index (χ2n) is 17.5. The maximum Gasteiger partial charge on any atom is 0.351 e. The van der Waals surface area contributed by atoms with E-state index in [0.29, 0.717) is 38.5 Å². The van der Waals surface area contributed by atoms with Crippen LogP contribution in [0.3, 0.4) is 0 Å². The van der Waals surface area contributed by atoms with Gasteiger partial charge in [0, 0.05) is 23.7 Å². The number of carbonyl (C=O) groups excluding carboxylic acids is 2. The van der Waals surface area contributed by atoms with Crippen molar-refractivity contribution in [2.24, 2.45) is 0 Å². The average molecular weight is 890 g/mol. The van der Waals surface area contributed by atoms with Crippen LogP contribution >= 0.6 is 22.6 Å². The summed E-state index contributed by atoms with van der Waals surface area (Å²) in [5.41, 5.74) is 0.00414. The largest absolute Gasteiger partial charge is 0.414 e. The molecule has 9 nitrogen and oxygen atoms in total. The van der Waals surface area contributed by atoms with Crippen LogP contribution in [0.2, 0.25) is 36.3 Å². The second-order valence-corrected chi connectivity index (χ2v) is 28.2. The zero-order valence-corrected chi connectivity index (χ0v) is 37.6. The van der Waals surface area contributed by atoms with E-state index in [9.17, 15) is 14.4 Å². The van der Waals surface area contributed by atoms with E-state index >= 15 is 0 Å². The number of ether oxygens (including phenoxy) is 1. The number of anilines is 1. The van der Waals surface area contributed by atoms with Gasteiger partial charge < -0.3 is 13.6 Å². The molecule has 5 aromatic rings. The van der Waals surface area contributed by atoms with Gasteiger partial charge in [0.1, 0.15) is 12.3 Å². The van der Waals surface area contributed by atoms with E-state index in [0.717, 1.165) is 15.7 Å². The van der Waals surface area contributed by atoms with Gasteiger partial charge in [0.25, 0.3) is 11.8 Å². The highest BCUT2D eigenvalue weighted by Gasteiger charge is 2.47. The third kappa shape index (κ3) is 8.31. The smallest absolute Gasteiger partial charge is 0.351 e. The zero-order chi connectivity index (χ0) is 40.1. The molecule has 1 fully saturated rings. The van der Waals surface area contributed by atoms with Crippen molar-refractivity contribution in [3.63, 3.8) is 0 Å². The zero-order valence-electron chi connectivity index (χ0n) is 33.5. The Kier molecular flexibility index (Phi) is 11.5. The van der Waals surface area contributed by atoms with Gasteiger partial charge in [0.05, 0.1) is 16.3 Å². The highest BCUT2D eigenvalue weighted by molar-refractivity contribution is 14.1. The Bertz CT molecular complexity index is 2210. The number of nitrogens with zero attached hydrogens (tertiary/aromatic N) is 3. The summed E-state index contributed by atoms with van der Waals surface area (Å²) in [6.45, 7) is 22.4. The number of amides is 2. The fourth-order valence-electron chi connectivity index (χ4n) is 6.36. The molecule has 0 N–H and O–H groups in total. The number of benzene rings is 4. The molecule has 0 aliphatic carbocycles. The first kappa shape index (κ1) is 41.1. The van der Waals surface area contributed by atoms with Crippen LogP contribution in [0.5, 0.6) is 0 Å². The fraction of sp³-hybridized carbons (Fsp3) is 0.395. The lowest BCUT2D eigenvalue weighted by Gasteiger charge is -2.40. The summed E-state index contributed by atoms with van der Waals surface area (Å²) >= 11 is 2.06. The van der Waals surface area contributed by atoms with Crippen molar-refractivity contribution < 1.29 is 23.2 Å². The van der Waals surface area contributed by atoms with Crippen LogP contribution in [-0.2, 0) is 13.6 Å². The molecule has 0 saturated carbocycles. The maximum absolute atomic E-state index is 14.7. The molecule has 3 atom stereocenters. The topological polar surface area (TPSA) is 100.0 Å².